The van der Waals surface area contributed by atoms with Gasteiger partial charge in [-0.25, -0.2) is 4.98 Å². The maximum Gasteiger partial charge on any atom is 0.231 e. The van der Waals surface area contributed by atoms with Gasteiger partial charge in [0.05, 0.1) is 17.5 Å². The fourth-order valence-electron chi connectivity index (χ4n) is 2.60. The summed E-state index contributed by atoms with van der Waals surface area (Å²) in [5, 5.41) is 4.19. The van der Waals surface area contributed by atoms with Crippen LogP contribution in [0.1, 0.15) is 18.9 Å². The van der Waals surface area contributed by atoms with Crippen molar-refractivity contribution in [3.05, 3.63) is 58.1 Å². The third-order valence-electron chi connectivity index (χ3n) is 3.69. The van der Waals surface area contributed by atoms with E-state index < -0.39 is 0 Å². The predicted molar refractivity (Wildman–Crippen MR) is 98.8 cm³/mol. The van der Waals surface area contributed by atoms with Gasteiger partial charge in [-0.1, -0.05) is 42.3 Å². The molecule has 1 N–H and O–H groups in total. The molecule has 0 aliphatic rings. The van der Waals surface area contributed by atoms with Gasteiger partial charge < -0.3 is 4.57 Å². The molecule has 0 bridgehead atoms. The van der Waals surface area contributed by atoms with E-state index in [9.17, 15) is 4.79 Å². The number of imidazole rings is 1. The lowest BCUT2D eigenvalue weighted by Gasteiger charge is -2.09. The molecule has 4 nitrogen and oxygen atoms in total. The summed E-state index contributed by atoms with van der Waals surface area (Å²) in [5.74, 6) is 0.434. The molecule has 0 radical (unpaired) electrons. The summed E-state index contributed by atoms with van der Waals surface area (Å²) in [5.41, 5.74) is 2.64. The quantitative estimate of drug-likeness (QED) is 0.699. The number of anilines is 1. The Morgan fingerprint density at radius 3 is 2.54 bits per heavy atom. The van der Waals surface area contributed by atoms with Gasteiger partial charge in [0.25, 0.3) is 0 Å². The molecule has 1 amide bonds. The molecular weight excluding hydrogens is 345 g/mol. The zero-order valence-electron chi connectivity index (χ0n) is 13.2. The van der Waals surface area contributed by atoms with E-state index in [0.29, 0.717) is 16.0 Å². The number of nitrogens with one attached hydrogen (secondary N) is 1. The van der Waals surface area contributed by atoms with Crippen LogP contribution in [-0.2, 0) is 17.8 Å². The van der Waals surface area contributed by atoms with Gasteiger partial charge >= 0.3 is 0 Å². The first kappa shape index (κ1) is 16.8. The fourth-order valence-corrected chi connectivity index (χ4v) is 2.90. The standard InChI is InChI=1S/C18H17Cl2N3O/c1-2-9-23-16-8-7-14(20)11-15(16)21-18(23)22-17(24)10-12-3-5-13(19)6-4-12/h3-8,11H,2,9-10H2,1H3,(H,21,22,24). The van der Waals surface area contributed by atoms with Gasteiger partial charge in [-0.05, 0) is 42.3 Å². The third kappa shape index (κ3) is 3.71. The average molecular weight is 362 g/mol. The number of hydrogen-bond acceptors (Lipinski definition) is 2. The zero-order chi connectivity index (χ0) is 17.1. The van der Waals surface area contributed by atoms with Gasteiger partial charge in [-0.2, -0.15) is 0 Å². The van der Waals surface area contributed by atoms with Crippen LogP contribution in [0.3, 0.4) is 0 Å². The van der Waals surface area contributed by atoms with Crippen LogP contribution in [0, 0.1) is 0 Å². The van der Waals surface area contributed by atoms with Crippen molar-refractivity contribution >= 4 is 46.1 Å². The maximum absolute atomic E-state index is 12.3. The summed E-state index contributed by atoms with van der Waals surface area (Å²) in [6, 6.07) is 12.8. The minimum atomic E-state index is -0.115. The molecule has 0 saturated carbocycles. The molecular formula is C18H17Cl2N3O. The first-order chi connectivity index (χ1) is 11.6. The van der Waals surface area contributed by atoms with E-state index in [1.165, 1.54) is 0 Å². The Kier molecular flexibility index (Phi) is 5.07. The molecule has 24 heavy (non-hydrogen) atoms. The number of fused-ring (bicyclic) bond motifs is 1. The SMILES string of the molecule is CCCn1c(NC(=O)Cc2ccc(Cl)cc2)nc2cc(Cl)ccc21. The van der Waals surface area contributed by atoms with E-state index >= 15 is 0 Å². The Morgan fingerprint density at radius 2 is 1.83 bits per heavy atom. The molecule has 0 unspecified atom stereocenters. The van der Waals surface area contributed by atoms with Crippen molar-refractivity contribution in [2.75, 3.05) is 5.32 Å². The fraction of sp³-hybridized carbons (Fsp3) is 0.222. The number of halogens is 2. The Hall–Kier alpha value is -2.04. The lowest BCUT2D eigenvalue weighted by Crippen LogP contribution is -2.18. The van der Waals surface area contributed by atoms with E-state index in [1.54, 1.807) is 18.2 Å². The number of nitrogens with zero attached hydrogens (tertiary/aromatic N) is 2. The summed E-state index contributed by atoms with van der Waals surface area (Å²) < 4.78 is 2.01. The van der Waals surface area contributed by atoms with Crippen LogP contribution in [0.5, 0.6) is 0 Å². The second-order valence-electron chi connectivity index (χ2n) is 5.57. The second-order valence-corrected chi connectivity index (χ2v) is 6.44. The van der Waals surface area contributed by atoms with Crippen LogP contribution in [0.15, 0.2) is 42.5 Å². The van der Waals surface area contributed by atoms with E-state index in [2.05, 4.69) is 17.2 Å². The summed E-state index contributed by atoms with van der Waals surface area (Å²) in [6.07, 6.45) is 1.21. The van der Waals surface area contributed by atoms with Crippen LogP contribution in [0.25, 0.3) is 11.0 Å². The Bertz CT molecular complexity index is 872. The molecule has 0 aliphatic carbocycles. The summed E-state index contributed by atoms with van der Waals surface area (Å²) in [6.45, 7) is 2.86. The van der Waals surface area contributed by atoms with Crippen molar-refractivity contribution in [2.45, 2.75) is 26.3 Å². The van der Waals surface area contributed by atoms with Gasteiger partial charge in [0.2, 0.25) is 11.9 Å². The largest absolute Gasteiger partial charge is 0.310 e. The van der Waals surface area contributed by atoms with Gasteiger partial charge in [0.1, 0.15) is 0 Å². The molecule has 0 atom stereocenters. The molecule has 1 aromatic heterocycles. The van der Waals surface area contributed by atoms with Crippen molar-refractivity contribution in [3.8, 4) is 0 Å². The zero-order valence-corrected chi connectivity index (χ0v) is 14.7. The molecule has 0 saturated heterocycles. The second kappa shape index (κ2) is 7.24. The van der Waals surface area contributed by atoms with E-state index in [-0.39, 0.29) is 12.3 Å². The van der Waals surface area contributed by atoms with Crippen LogP contribution in [0.2, 0.25) is 10.0 Å². The normalized spacial score (nSPS) is 11.0. The molecule has 0 spiro atoms. The van der Waals surface area contributed by atoms with Crippen LogP contribution in [0.4, 0.5) is 5.95 Å². The predicted octanol–water partition coefficient (Wildman–Crippen LogP) is 4.93. The molecule has 2 aromatic carbocycles. The number of rotatable bonds is 5. The highest BCUT2D eigenvalue weighted by Gasteiger charge is 2.13. The van der Waals surface area contributed by atoms with E-state index in [0.717, 1.165) is 29.6 Å². The van der Waals surface area contributed by atoms with Crippen molar-refractivity contribution in [2.24, 2.45) is 0 Å². The van der Waals surface area contributed by atoms with Crippen molar-refractivity contribution in [1.82, 2.24) is 9.55 Å². The third-order valence-corrected chi connectivity index (χ3v) is 4.17. The highest BCUT2D eigenvalue weighted by Crippen LogP contribution is 2.23. The molecule has 0 fully saturated rings. The van der Waals surface area contributed by atoms with E-state index in [4.69, 9.17) is 23.2 Å². The average Bonchev–Trinajstić information content (AvgIpc) is 2.86. The monoisotopic (exact) mass is 361 g/mol. The van der Waals surface area contributed by atoms with Gasteiger partial charge in [-0.15, -0.1) is 0 Å². The van der Waals surface area contributed by atoms with Crippen LogP contribution < -0.4 is 5.32 Å². The molecule has 124 valence electrons. The minimum Gasteiger partial charge on any atom is -0.310 e. The lowest BCUT2D eigenvalue weighted by molar-refractivity contribution is -0.115. The number of benzene rings is 2. The smallest absolute Gasteiger partial charge is 0.231 e. The number of carbonyl (C=O) groups excluding carboxylic acids is 1. The van der Waals surface area contributed by atoms with Crippen LogP contribution >= 0.6 is 23.2 Å². The van der Waals surface area contributed by atoms with Crippen molar-refractivity contribution in [1.29, 1.82) is 0 Å². The number of amides is 1. The molecule has 3 aromatic rings. The highest BCUT2D eigenvalue weighted by molar-refractivity contribution is 6.31. The van der Waals surface area contributed by atoms with E-state index in [1.807, 2.05) is 28.8 Å². The number of aromatic nitrogens is 2. The lowest BCUT2D eigenvalue weighted by atomic mass is 10.1. The first-order valence-corrected chi connectivity index (χ1v) is 8.52. The Labute approximate surface area is 150 Å². The number of hydrogen-bond donors (Lipinski definition) is 1. The Balaban J connectivity index is 1.84. The maximum atomic E-state index is 12.3. The number of aryl methyl sites for hydroxylation is 1. The summed E-state index contributed by atoms with van der Waals surface area (Å²) in [7, 11) is 0. The molecule has 0 aliphatic heterocycles. The minimum absolute atomic E-state index is 0.115. The number of carbonyl (C=O) groups is 1. The molecule has 1 heterocycles. The van der Waals surface area contributed by atoms with Crippen molar-refractivity contribution in [3.63, 3.8) is 0 Å². The van der Waals surface area contributed by atoms with Crippen LogP contribution in [-0.4, -0.2) is 15.5 Å². The van der Waals surface area contributed by atoms with Crippen molar-refractivity contribution < 1.29 is 4.79 Å². The topological polar surface area (TPSA) is 46.9 Å². The van der Waals surface area contributed by atoms with Gasteiger partial charge in [0, 0.05) is 16.6 Å². The highest BCUT2D eigenvalue weighted by atomic mass is 35.5. The van der Waals surface area contributed by atoms with Gasteiger partial charge in [0.15, 0.2) is 0 Å². The van der Waals surface area contributed by atoms with Gasteiger partial charge in [-0.3, -0.25) is 10.1 Å². The molecule has 6 heteroatoms. The summed E-state index contributed by atoms with van der Waals surface area (Å²) >= 11 is 11.9. The molecule has 3 rings (SSSR count). The Morgan fingerprint density at radius 1 is 1.12 bits per heavy atom. The first-order valence-electron chi connectivity index (χ1n) is 7.77. The summed E-state index contributed by atoms with van der Waals surface area (Å²) in [4.78, 5) is 16.9.